The van der Waals surface area contributed by atoms with Crippen molar-refractivity contribution in [1.29, 1.82) is 0 Å². The van der Waals surface area contributed by atoms with E-state index < -0.39 is 5.60 Å². The van der Waals surface area contributed by atoms with Crippen LogP contribution >= 0.6 is 11.8 Å². The van der Waals surface area contributed by atoms with Crippen molar-refractivity contribution in [2.24, 2.45) is 11.7 Å². The summed E-state index contributed by atoms with van der Waals surface area (Å²) < 4.78 is 1.65. The van der Waals surface area contributed by atoms with Gasteiger partial charge < -0.3 is 10.8 Å². The molecule has 7 heteroatoms. The van der Waals surface area contributed by atoms with Crippen LogP contribution in [0.15, 0.2) is 5.16 Å². The maximum absolute atomic E-state index is 10.1. The first-order chi connectivity index (χ1) is 7.47. The number of nitrogens with two attached hydrogens (primary N) is 1. The number of nitrogens with zero attached hydrogens (tertiary/aromatic N) is 4. The van der Waals surface area contributed by atoms with Gasteiger partial charge in [-0.05, 0) is 23.3 Å². The van der Waals surface area contributed by atoms with Gasteiger partial charge in [-0.15, -0.1) is 5.10 Å². The largest absolute Gasteiger partial charge is 0.389 e. The average molecular weight is 245 g/mol. The van der Waals surface area contributed by atoms with E-state index in [1.807, 2.05) is 20.8 Å². The van der Waals surface area contributed by atoms with E-state index in [1.165, 1.54) is 11.8 Å². The molecule has 0 radical (unpaired) electrons. The number of tetrazole rings is 1. The predicted octanol–water partition coefficient (Wildman–Crippen LogP) is 0.131. The van der Waals surface area contributed by atoms with Crippen LogP contribution < -0.4 is 5.73 Å². The highest BCUT2D eigenvalue weighted by Gasteiger charge is 2.26. The molecular weight excluding hydrogens is 226 g/mol. The van der Waals surface area contributed by atoms with Gasteiger partial charge in [0.1, 0.15) is 0 Å². The standard InChI is InChI=1S/C9H19N5OS/c1-7(2)9(3,15)6-16-8-11-12-13-14(8)5-4-10/h7,15H,4-6,10H2,1-3H3. The summed E-state index contributed by atoms with van der Waals surface area (Å²) >= 11 is 1.45. The van der Waals surface area contributed by atoms with E-state index in [-0.39, 0.29) is 5.92 Å². The fourth-order valence-electron chi connectivity index (χ4n) is 0.940. The van der Waals surface area contributed by atoms with Crippen LogP contribution in [0.2, 0.25) is 0 Å². The van der Waals surface area contributed by atoms with Crippen molar-refractivity contribution < 1.29 is 5.11 Å². The van der Waals surface area contributed by atoms with Crippen molar-refractivity contribution in [3.05, 3.63) is 0 Å². The molecule has 0 saturated carbocycles. The quantitative estimate of drug-likeness (QED) is 0.692. The van der Waals surface area contributed by atoms with Gasteiger partial charge in [0.15, 0.2) is 0 Å². The van der Waals surface area contributed by atoms with E-state index in [0.717, 1.165) is 0 Å². The smallest absolute Gasteiger partial charge is 0.209 e. The summed E-state index contributed by atoms with van der Waals surface area (Å²) in [5, 5.41) is 22.1. The summed E-state index contributed by atoms with van der Waals surface area (Å²) in [5.41, 5.74) is 4.73. The fraction of sp³-hybridized carbons (Fsp3) is 0.889. The zero-order valence-corrected chi connectivity index (χ0v) is 10.7. The normalized spacial score (nSPS) is 15.4. The highest BCUT2D eigenvalue weighted by Crippen LogP contribution is 2.25. The lowest BCUT2D eigenvalue weighted by Gasteiger charge is -2.26. The number of hydrogen-bond acceptors (Lipinski definition) is 6. The van der Waals surface area contributed by atoms with E-state index in [4.69, 9.17) is 5.73 Å². The number of aromatic nitrogens is 4. The summed E-state index contributed by atoms with van der Waals surface area (Å²) in [6, 6.07) is 0. The lowest BCUT2D eigenvalue weighted by Crippen LogP contribution is -2.34. The second kappa shape index (κ2) is 5.60. The lowest BCUT2D eigenvalue weighted by atomic mass is 9.95. The molecule has 0 amide bonds. The van der Waals surface area contributed by atoms with E-state index in [0.29, 0.717) is 24.0 Å². The van der Waals surface area contributed by atoms with Crippen molar-refractivity contribution in [2.45, 2.75) is 38.1 Å². The molecule has 1 aromatic rings. The fourth-order valence-corrected chi connectivity index (χ4v) is 2.07. The van der Waals surface area contributed by atoms with E-state index in [1.54, 1.807) is 4.68 Å². The summed E-state index contributed by atoms with van der Waals surface area (Å²) in [5.74, 6) is 0.758. The van der Waals surface area contributed by atoms with E-state index in [2.05, 4.69) is 15.5 Å². The molecule has 3 N–H and O–H groups in total. The van der Waals surface area contributed by atoms with Crippen LogP contribution in [0, 0.1) is 5.92 Å². The van der Waals surface area contributed by atoms with Gasteiger partial charge in [0.2, 0.25) is 5.16 Å². The van der Waals surface area contributed by atoms with E-state index >= 15 is 0 Å². The van der Waals surface area contributed by atoms with Gasteiger partial charge >= 0.3 is 0 Å². The van der Waals surface area contributed by atoms with Crippen molar-refractivity contribution in [3.63, 3.8) is 0 Å². The number of hydrogen-bond donors (Lipinski definition) is 2. The molecule has 0 spiro atoms. The molecule has 1 aromatic heterocycles. The Kier molecular flexibility index (Phi) is 4.69. The van der Waals surface area contributed by atoms with Gasteiger partial charge in [0.05, 0.1) is 12.1 Å². The molecule has 0 aliphatic rings. The second-order valence-electron chi connectivity index (χ2n) is 4.27. The number of rotatable bonds is 6. The molecule has 0 aromatic carbocycles. The molecule has 0 aliphatic heterocycles. The summed E-state index contributed by atoms with van der Waals surface area (Å²) in [6.45, 7) is 6.90. The molecule has 1 atom stereocenters. The third kappa shape index (κ3) is 3.43. The minimum Gasteiger partial charge on any atom is -0.389 e. The number of aliphatic hydroxyl groups is 1. The molecule has 6 nitrogen and oxygen atoms in total. The van der Waals surface area contributed by atoms with Crippen LogP contribution in [0.5, 0.6) is 0 Å². The Morgan fingerprint density at radius 2 is 2.25 bits per heavy atom. The Morgan fingerprint density at radius 3 is 2.81 bits per heavy atom. The Balaban J connectivity index is 2.57. The minimum absolute atomic E-state index is 0.193. The van der Waals surface area contributed by atoms with Crippen LogP contribution in [-0.2, 0) is 6.54 Å². The van der Waals surface area contributed by atoms with Crippen molar-refractivity contribution >= 4 is 11.8 Å². The monoisotopic (exact) mass is 245 g/mol. The minimum atomic E-state index is -0.718. The van der Waals surface area contributed by atoms with Crippen LogP contribution in [0.3, 0.4) is 0 Å². The Morgan fingerprint density at radius 1 is 1.56 bits per heavy atom. The molecule has 1 rings (SSSR count). The molecule has 0 saturated heterocycles. The zero-order chi connectivity index (χ0) is 12.2. The van der Waals surface area contributed by atoms with Gasteiger partial charge in [-0.3, -0.25) is 0 Å². The Bertz CT molecular complexity index is 325. The SMILES string of the molecule is CC(C)C(C)(O)CSc1nnnn1CCN. The molecule has 92 valence electrons. The number of thioether (sulfide) groups is 1. The molecule has 0 bridgehead atoms. The van der Waals surface area contributed by atoms with Crippen molar-refractivity contribution in [2.75, 3.05) is 12.3 Å². The topological polar surface area (TPSA) is 89.9 Å². The Labute approximate surface area is 99.6 Å². The average Bonchev–Trinajstić information content (AvgIpc) is 2.63. The molecule has 16 heavy (non-hydrogen) atoms. The van der Waals surface area contributed by atoms with Gasteiger partial charge in [-0.1, -0.05) is 25.6 Å². The third-order valence-electron chi connectivity index (χ3n) is 2.58. The summed E-state index contributed by atoms with van der Waals surface area (Å²) in [7, 11) is 0. The third-order valence-corrected chi connectivity index (χ3v) is 3.86. The molecule has 1 unspecified atom stereocenters. The van der Waals surface area contributed by atoms with Gasteiger partial charge in [0, 0.05) is 12.3 Å². The summed E-state index contributed by atoms with van der Waals surface area (Å²) in [4.78, 5) is 0. The lowest BCUT2D eigenvalue weighted by molar-refractivity contribution is 0.0375. The maximum Gasteiger partial charge on any atom is 0.209 e. The first-order valence-electron chi connectivity index (χ1n) is 5.29. The summed E-state index contributed by atoms with van der Waals surface area (Å²) in [6.07, 6.45) is 0. The van der Waals surface area contributed by atoms with Crippen LogP contribution in [0.25, 0.3) is 0 Å². The maximum atomic E-state index is 10.1. The van der Waals surface area contributed by atoms with Gasteiger partial charge in [0.25, 0.3) is 0 Å². The van der Waals surface area contributed by atoms with Crippen LogP contribution in [0.1, 0.15) is 20.8 Å². The highest BCUT2D eigenvalue weighted by molar-refractivity contribution is 7.99. The molecule has 1 heterocycles. The van der Waals surface area contributed by atoms with Crippen LogP contribution in [0.4, 0.5) is 0 Å². The van der Waals surface area contributed by atoms with Gasteiger partial charge in [-0.2, -0.15) is 0 Å². The Hall–Kier alpha value is -0.660. The zero-order valence-electron chi connectivity index (χ0n) is 9.92. The van der Waals surface area contributed by atoms with E-state index in [9.17, 15) is 5.11 Å². The second-order valence-corrected chi connectivity index (χ2v) is 5.22. The first-order valence-corrected chi connectivity index (χ1v) is 6.27. The first kappa shape index (κ1) is 13.4. The molecular formula is C9H19N5OS. The highest BCUT2D eigenvalue weighted by atomic mass is 32.2. The van der Waals surface area contributed by atoms with Gasteiger partial charge in [-0.25, -0.2) is 4.68 Å². The molecule has 0 fully saturated rings. The van der Waals surface area contributed by atoms with Crippen molar-refractivity contribution in [3.8, 4) is 0 Å². The molecule has 0 aliphatic carbocycles. The van der Waals surface area contributed by atoms with Crippen molar-refractivity contribution in [1.82, 2.24) is 20.2 Å². The predicted molar refractivity (Wildman–Crippen MR) is 63.1 cm³/mol. The van der Waals surface area contributed by atoms with Crippen LogP contribution in [-0.4, -0.2) is 43.2 Å².